The minimum Gasteiger partial charge on any atom is -0.381 e. The Morgan fingerprint density at radius 1 is 1.45 bits per heavy atom. The van der Waals surface area contributed by atoms with Gasteiger partial charge in [-0.3, -0.25) is 4.79 Å². The van der Waals surface area contributed by atoms with Crippen LogP contribution in [-0.2, 0) is 14.8 Å². The highest BCUT2D eigenvalue weighted by Crippen LogP contribution is 2.27. The second kappa shape index (κ2) is 5.80. The molecule has 20 heavy (non-hydrogen) atoms. The van der Waals surface area contributed by atoms with E-state index < -0.39 is 10.0 Å². The molecule has 1 aliphatic rings. The maximum absolute atomic E-state index is 12.3. The molecule has 1 saturated heterocycles. The summed E-state index contributed by atoms with van der Waals surface area (Å²) >= 11 is 1.17. The van der Waals surface area contributed by atoms with Gasteiger partial charge < -0.3 is 9.64 Å². The number of aryl methyl sites for hydroxylation is 1. The number of hydrogen-bond acceptors (Lipinski definition) is 5. The fourth-order valence-electron chi connectivity index (χ4n) is 2.30. The highest BCUT2D eigenvalue weighted by atomic mass is 32.2. The van der Waals surface area contributed by atoms with Gasteiger partial charge in [0, 0.05) is 25.1 Å². The molecule has 0 aliphatic carbocycles. The number of thiophene rings is 1. The summed E-state index contributed by atoms with van der Waals surface area (Å²) in [7, 11) is -2.10. The lowest BCUT2D eigenvalue weighted by molar-refractivity contribution is 0.0353. The van der Waals surface area contributed by atoms with Crippen molar-refractivity contribution < 1.29 is 17.9 Å². The molecule has 1 aromatic rings. The Balaban J connectivity index is 2.15. The Kier molecular flexibility index (Phi) is 4.48. The maximum Gasteiger partial charge on any atom is 0.263 e. The van der Waals surface area contributed by atoms with Gasteiger partial charge in [-0.25, -0.2) is 13.6 Å². The average Bonchev–Trinajstić information content (AvgIpc) is 2.80. The van der Waals surface area contributed by atoms with E-state index in [0.29, 0.717) is 22.8 Å². The van der Waals surface area contributed by atoms with Crippen LogP contribution in [0.2, 0.25) is 0 Å². The number of hydrogen-bond donors (Lipinski definition) is 1. The average molecular weight is 318 g/mol. The molecule has 1 amide bonds. The zero-order valence-electron chi connectivity index (χ0n) is 11.5. The summed E-state index contributed by atoms with van der Waals surface area (Å²) in [5, 5.41) is 5.12. The topological polar surface area (TPSA) is 89.7 Å². The lowest BCUT2D eigenvalue weighted by Crippen LogP contribution is -2.40. The number of nitrogens with two attached hydrogens (primary N) is 1. The fourth-order valence-corrected chi connectivity index (χ4v) is 4.42. The first kappa shape index (κ1) is 15.4. The zero-order chi connectivity index (χ0) is 14.9. The summed E-state index contributed by atoms with van der Waals surface area (Å²) in [5.41, 5.74) is 0. The van der Waals surface area contributed by atoms with Crippen LogP contribution >= 0.6 is 11.3 Å². The number of nitrogens with zero attached hydrogens (tertiary/aromatic N) is 1. The highest BCUT2D eigenvalue weighted by molar-refractivity contribution is 7.89. The molecule has 1 aliphatic heterocycles. The van der Waals surface area contributed by atoms with E-state index in [1.54, 1.807) is 18.9 Å². The predicted molar refractivity (Wildman–Crippen MR) is 76.4 cm³/mol. The lowest BCUT2D eigenvalue weighted by Gasteiger charge is -2.30. The molecule has 2 N–H and O–H groups in total. The van der Waals surface area contributed by atoms with Crippen molar-refractivity contribution in [1.82, 2.24) is 4.90 Å². The normalized spacial score (nSPS) is 17.4. The SMILES string of the molecule is COC1CCN(C(=O)c2cc(S(N)(=O)=O)c(C)s2)CC1. The molecule has 2 rings (SSSR count). The molecule has 0 saturated carbocycles. The molecule has 112 valence electrons. The van der Waals surface area contributed by atoms with Crippen molar-refractivity contribution >= 4 is 27.3 Å². The van der Waals surface area contributed by atoms with Gasteiger partial charge in [-0.15, -0.1) is 11.3 Å². The molecule has 0 unspecified atom stereocenters. The molecule has 8 heteroatoms. The quantitative estimate of drug-likeness (QED) is 0.898. The van der Waals surface area contributed by atoms with Gasteiger partial charge >= 0.3 is 0 Å². The maximum atomic E-state index is 12.3. The van der Waals surface area contributed by atoms with E-state index in [0.717, 1.165) is 12.8 Å². The van der Waals surface area contributed by atoms with Crippen LogP contribution in [0.25, 0.3) is 0 Å². The number of carbonyl (C=O) groups is 1. The summed E-state index contributed by atoms with van der Waals surface area (Å²) in [4.78, 5) is 15.1. The number of methoxy groups -OCH3 is 1. The van der Waals surface area contributed by atoms with Crippen molar-refractivity contribution in [2.45, 2.75) is 30.8 Å². The van der Waals surface area contributed by atoms with Gasteiger partial charge in [-0.2, -0.15) is 0 Å². The summed E-state index contributed by atoms with van der Waals surface area (Å²) in [5.74, 6) is -0.137. The van der Waals surface area contributed by atoms with Gasteiger partial charge in [-0.1, -0.05) is 0 Å². The summed E-state index contributed by atoms with van der Waals surface area (Å²) < 4.78 is 28.0. The van der Waals surface area contributed by atoms with Gasteiger partial charge in [0.1, 0.15) is 0 Å². The van der Waals surface area contributed by atoms with Crippen LogP contribution in [0, 0.1) is 6.92 Å². The zero-order valence-corrected chi connectivity index (χ0v) is 13.1. The first-order valence-corrected chi connectivity index (χ1v) is 8.64. The molecule has 0 aromatic carbocycles. The third-order valence-electron chi connectivity index (χ3n) is 3.45. The van der Waals surface area contributed by atoms with Crippen LogP contribution in [0.1, 0.15) is 27.4 Å². The van der Waals surface area contributed by atoms with Gasteiger partial charge in [0.2, 0.25) is 10.0 Å². The van der Waals surface area contributed by atoms with Crippen LogP contribution in [0.5, 0.6) is 0 Å². The van der Waals surface area contributed by atoms with Crippen molar-refractivity contribution in [2.75, 3.05) is 20.2 Å². The van der Waals surface area contributed by atoms with E-state index in [1.165, 1.54) is 17.4 Å². The highest BCUT2D eigenvalue weighted by Gasteiger charge is 2.26. The van der Waals surface area contributed by atoms with Gasteiger partial charge in [0.05, 0.1) is 15.9 Å². The molecule has 0 atom stereocenters. The molecular formula is C12H18N2O4S2. The lowest BCUT2D eigenvalue weighted by atomic mass is 10.1. The monoisotopic (exact) mass is 318 g/mol. The van der Waals surface area contributed by atoms with Crippen LogP contribution in [0.3, 0.4) is 0 Å². The molecule has 2 heterocycles. The number of primary sulfonamides is 1. The number of sulfonamides is 1. The number of likely N-dealkylation sites (tertiary alicyclic amines) is 1. The molecule has 0 spiro atoms. The van der Waals surface area contributed by atoms with Crippen molar-refractivity contribution in [1.29, 1.82) is 0 Å². The van der Waals surface area contributed by atoms with Gasteiger partial charge in [0.25, 0.3) is 5.91 Å². The van der Waals surface area contributed by atoms with Crippen molar-refractivity contribution in [3.63, 3.8) is 0 Å². The first-order chi connectivity index (χ1) is 9.32. The van der Waals surface area contributed by atoms with E-state index in [1.807, 2.05) is 0 Å². The Bertz CT molecular complexity index is 601. The Hall–Kier alpha value is -0.960. The van der Waals surface area contributed by atoms with E-state index in [2.05, 4.69) is 0 Å². The van der Waals surface area contributed by atoms with Crippen molar-refractivity contribution in [2.24, 2.45) is 5.14 Å². The van der Waals surface area contributed by atoms with E-state index in [4.69, 9.17) is 9.88 Å². The number of carbonyl (C=O) groups excluding carboxylic acids is 1. The molecule has 6 nitrogen and oxygen atoms in total. The standard InChI is InChI=1S/C12H18N2O4S2/c1-8-11(20(13,16)17)7-10(19-8)12(15)14-5-3-9(18-2)4-6-14/h7,9H,3-6H2,1-2H3,(H2,13,16,17). The fraction of sp³-hybridized carbons (Fsp3) is 0.583. The van der Waals surface area contributed by atoms with Crippen molar-refractivity contribution in [3.8, 4) is 0 Å². The molecule has 1 fully saturated rings. The molecule has 1 aromatic heterocycles. The van der Waals surface area contributed by atoms with E-state index >= 15 is 0 Å². The van der Waals surface area contributed by atoms with Crippen LogP contribution in [0.15, 0.2) is 11.0 Å². The van der Waals surface area contributed by atoms with Crippen LogP contribution < -0.4 is 5.14 Å². The van der Waals surface area contributed by atoms with Gasteiger partial charge in [-0.05, 0) is 25.8 Å². The molecular weight excluding hydrogens is 300 g/mol. The van der Waals surface area contributed by atoms with E-state index in [9.17, 15) is 13.2 Å². The summed E-state index contributed by atoms with van der Waals surface area (Å²) in [6.45, 7) is 2.90. The third-order valence-corrected chi connectivity index (χ3v) is 5.66. The third kappa shape index (κ3) is 3.20. The minimum atomic E-state index is -3.77. The van der Waals surface area contributed by atoms with Crippen LogP contribution in [0.4, 0.5) is 0 Å². The summed E-state index contributed by atoms with van der Waals surface area (Å²) in [6, 6.07) is 1.38. The molecule has 0 radical (unpaired) electrons. The number of rotatable bonds is 3. The Morgan fingerprint density at radius 3 is 2.50 bits per heavy atom. The number of ether oxygens (including phenoxy) is 1. The number of amides is 1. The van der Waals surface area contributed by atoms with E-state index in [-0.39, 0.29) is 16.9 Å². The second-order valence-corrected chi connectivity index (χ2v) is 7.59. The largest absolute Gasteiger partial charge is 0.381 e. The smallest absolute Gasteiger partial charge is 0.263 e. The second-order valence-electron chi connectivity index (χ2n) is 4.80. The van der Waals surface area contributed by atoms with Gasteiger partial charge in [0.15, 0.2) is 0 Å². The molecule has 0 bridgehead atoms. The first-order valence-electron chi connectivity index (χ1n) is 6.28. The number of piperidine rings is 1. The van der Waals surface area contributed by atoms with Crippen molar-refractivity contribution in [3.05, 3.63) is 15.8 Å². The Morgan fingerprint density at radius 2 is 2.05 bits per heavy atom. The minimum absolute atomic E-state index is 0.0395. The van der Waals surface area contributed by atoms with Crippen LogP contribution in [-0.4, -0.2) is 45.5 Å². The summed E-state index contributed by atoms with van der Waals surface area (Å²) in [6.07, 6.45) is 1.80. The predicted octanol–water partition coefficient (Wildman–Crippen LogP) is 0.955. The Labute approximate surface area is 122 Å².